The van der Waals surface area contributed by atoms with E-state index in [1.54, 1.807) is 24.3 Å². The number of imidazole rings is 1. The number of carbonyl (C=O) groups is 1. The molecule has 9 heteroatoms. The first-order valence-corrected chi connectivity index (χ1v) is 11.9. The van der Waals surface area contributed by atoms with Gasteiger partial charge in [0.1, 0.15) is 5.82 Å². The highest BCUT2D eigenvalue weighted by atomic mass is 16.4. The number of aromatic carboxylic acids is 1. The first kappa shape index (κ1) is 21.4. The maximum atomic E-state index is 12.5. The lowest BCUT2D eigenvalue weighted by atomic mass is 9.91. The number of anilines is 2. The molecule has 0 aliphatic carbocycles. The second kappa shape index (κ2) is 8.57. The van der Waals surface area contributed by atoms with Crippen molar-refractivity contribution in [3.63, 3.8) is 0 Å². The summed E-state index contributed by atoms with van der Waals surface area (Å²) < 4.78 is 3.68. The van der Waals surface area contributed by atoms with Crippen molar-refractivity contribution in [3.05, 3.63) is 82.1 Å². The van der Waals surface area contributed by atoms with Crippen molar-refractivity contribution in [1.82, 2.24) is 19.3 Å². The molecule has 6 rings (SSSR count). The Morgan fingerprint density at radius 3 is 2.86 bits per heavy atom. The molecule has 9 nitrogen and oxygen atoms in total. The van der Waals surface area contributed by atoms with Gasteiger partial charge in [-0.05, 0) is 54.7 Å². The lowest BCUT2D eigenvalue weighted by Gasteiger charge is -2.36. The zero-order valence-corrected chi connectivity index (χ0v) is 19.2. The monoisotopic (exact) mass is 470 g/mol. The van der Waals surface area contributed by atoms with Crippen LogP contribution in [-0.2, 0) is 13.1 Å². The summed E-state index contributed by atoms with van der Waals surface area (Å²) in [6.45, 7) is 2.85. The first-order chi connectivity index (χ1) is 17.0. The second-order valence-electron chi connectivity index (χ2n) is 9.33. The fourth-order valence-electron chi connectivity index (χ4n) is 5.29. The van der Waals surface area contributed by atoms with Crippen molar-refractivity contribution >= 4 is 28.8 Å². The number of rotatable bonds is 5. The molecule has 2 atom stereocenters. The number of hydrogen-bond donors (Lipinski definition) is 2. The van der Waals surface area contributed by atoms with E-state index < -0.39 is 5.97 Å². The summed E-state index contributed by atoms with van der Waals surface area (Å²) in [5.74, 6) is 1.14. The summed E-state index contributed by atoms with van der Waals surface area (Å²) in [6.07, 6.45) is 2.17. The summed E-state index contributed by atoms with van der Waals surface area (Å²) in [7, 11) is 0. The molecule has 4 heterocycles. The topological polar surface area (TPSA) is 105 Å². The van der Waals surface area contributed by atoms with Crippen molar-refractivity contribution in [2.75, 3.05) is 23.3 Å². The molecule has 0 saturated carbocycles. The molecule has 2 aromatic heterocycles. The number of hydrogen-bond acceptors (Lipinski definition) is 6. The Bertz CT molecular complexity index is 1480. The van der Waals surface area contributed by atoms with Crippen LogP contribution in [0.4, 0.5) is 11.8 Å². The third kappa shape index (κ3) is 4.03. The van der Waals surface area contributed by atoms with E-state index in [1.165, 1.54) is 10.7 Å². The van der Waals surface area contributed by atoms with Gasteiger partial charge in [-0.2, -0.15) is 5.10 Å². The predicted octanol–water partition coefficient (Wildman–Crippen LogP) is 3.05. The van der Waals surface area contributed by atoms with Crippen LogP contribution in [0.3, 0.4) is 0 Å². The van der Waals surface area contributed by atoms with Crippen LogP contribution in [-0.4, -0.2) is 49.5 Å². The SMILES string of the molecule is O=C(O)c1cccc(Cn2nc(N3CCCC(C4Cn5c(nc6ccccc65)N4)C3)ccc2=O)c1. The minimum absolute atomic E-state index is 0.197. The van der Waals surface area contributed by atoms with Gasteiger partial charge in [0.15, 0.2) is 0 Å². The number of nitrogens with one attached hydrogen (secondary N) is 1. The average Bonchev–Trinajstić information content (AvgIpc) is 3.44. The summed E-state index contributed by atoms with van der Waals surface area (Å²) in [6, 6.07) is 18.5. The van der Waals surface area contributed by atoms with Gasteiger partial charge < -0.3 is 19.9 Å². The number of piperidine rings is 1. The number of fused-ring (bicyclic) bond motifs is 3. The lowest BCUT2D eigenvalue weighted by Crippen LogP contribution is -2.43. The molecule has 2 N–H and O–H groups in total. The number of aromatic nitrogens is 4. The smallest absolute Gasteiger partial charge is 0.335 e. The van der Waals surface area contributed by atoms with Crippen molar-refractivity contribution in [1.29, 1.82) is 0 Å². The normalized spacial score (nSPS) is 19.5. The van der Waals surface area contributed by atoms with E-state index in [4.69, 9.17) is 4.98 Å². The summed E-state index contributed by atoms with van der Waals surface area (Å²) in [5, 5.41) is 17.5. The largest absolute Gasteiger partial charge is 0.478 e. The van der Waals surface area contributed by atoms with Crippen LogP contribution >= 0.6 is 0 Å². The van der Waals surface area contributed by atoms with Gasteiger partial charge in [-0.25, -0.2) is 14.5 Å². The molecule has 35 heavy (non-hydrogen) atoms. The van der Waals surface area contributed by atoms with E-state index >= 15 is 0 Å². The summed E-state index contributed by atoms with van der Waals surface area (Å²) >= 11 is 0. The third-order valence-corrected chi connectivity index (χ3v) is 7.06. The highest BCUT2D eigenvalue weighted by molar-refractivity contribution is 5.87. The Balaban J connectivity index is 1.19. The molecular weight excluding hydrogens is 444 g/mol. The molecule has 0 amide bonds. The fraction of sp³-hybridized carbons (Fsp3) is 0.308. The maximum absolute atomic E-state index is 12.5. The van der Waals surface area contributed by atoms with Crippen LogP contribution in [0.2, 0.25) is 0 Å². The Hall–Kier alpha value is -4.14. The molecule has 2 aromatic carbocycles. The molecule has 0 spiro atoms. The van der Waals surface area contributed by atoms with Crippen LogP contribution in [0.15, 0.2) is 65.5 Å². The quantitative estimate of drug-likeness (QED) is 0.462. The van der Waals surface area contributed by atoms with Crippen molar-refractivity contribution in [2.45, 2.75) is 32.0 Å². The van der Waals surface area contributed by atoms with Crippen LogP contribution < -0.4 is 15.8 Å². The standard InChI is InChI=1S/C26H26N6O3/c33-24-11-10-23(29-32(24)14-17-5-3-6-18(13-17)25(34)35)30-12-4-7-19(15-30)21-16-31-22-9-2-1-8-20(22)27-26(31)28-21/h1-3,5-6,8-11,13,19,21H,4,7,12,14-16H2,(H,27,28)(H,34,35). The average molecular weight is 471 g/mol. The van der Waals surface area contributed by atoms with E-state index in [0.29, 0.717) is 12.0 Å². The zero-order valence-electron chi connectivity index (χ0n) is 19.2. The minimum Gasteiger partial charge on any atom is -0.478 e. The molecule has 1 saturated heterocycles. The Morgan fingerprint density at radius 1 is 1.09 bits per heavy atom. The van der Waals surface area contributed by atoms with Crippen molar-refractivity contribution in [2.24, 2.45) is 5.92 Å². The fourth-order valence-corrected chi connectivity index (χ4v) is 5.29. The number of para-hydroxylation sites is 2. The number of nitrogens with zero attached hydrogens (tertiary/aromatic N) is 5. The number of carboxylic acid groups (broad SMARTS) is 1. The third-order valence-electron chi connectivity index (χ3n) is 7.06. The van der Waals surface area contributed by atoms with Gasteiger partial charge in [-0.15, -0.1) is 0 Å². The van der Waals surface area contributed by atoms with E-state index in [0.717, 1.165) is 60.8 Å². The van der Waals surface area contributed by atoms with Crippen molar-refractivity contribution < 1.29 is 9.90 Å². The van der Waals surface area contributed by atoms with Gasteiger partial charge >= 0.3 is 5.97 Å². The summed E-state index contributed by atoms with van der Waals surface area (Å²) in [5.41, 5.74) is 2.88. The minimum atomic E-state index is -0.990. The zero-order chi connectivity index (χ0) is 23.9. The highest BCUT2D eigenvalue weighted by Crippen LogP contribution is 2.32. The van der Waals surface area contributed by atoms with Gasteiger partial charge in [-0.1, -0.05) is 24.3 Å². The number of benzene rings is 2. The molecule has 2 aliphatic rings. The van der Waals surface area contributed by atoms with Gasteiger partial charge in [0, 0.05) is 25.7 Å². The molecule has 4 aromatic rings. The van der Waals surface area contributed by atoms with Gasteiger partial charge in [0.05, 0.1) is 29.2 Å². The predicted molar refractivity (Wildman–Crippen MR) is 133 cm³/mol. The first-order valence-electron chi connectivity index (χ1n) is 11.9. The summed E-state index contributed by atoms with van der Waals surface area (Å²) in [4.78, 5) is 30.8. The van der Waals surface area contributed by atoms with Gasteiger partial charge in [0.2, 0.25) is 5.95 Å². The van der Waals surface area contributed by atoms with Crippen LogP contribution in [0.5, 0.6) is 0 Å². The van der Waals surface area contributed by atoms with E-state index in [-0.39, 0.29) is 17.7 Å². The Labute approximate surface area is 201 Å². The molecule has 2 unspecified atom stereocenters. The van der Waals surface area contributed by atoms with Crippen LogP contribution in [0.25, 0.3) is 11.0 Å². The molecule has 0 bridgehead atoms. The number of carboxylic acids is 1. The molecule has 178 valence electrons. The van der Waals surface area contributed by atoms with E-state index in [2.05, 4.69) is 25.9 Å². The van der Waals surface area contributed by atoms with Crippen LogP contribution in [0.1, 0.15) is 28.8 Å². The van der Waals surface area contributed by atoms with Crippen LogP contribution in [0, 0.1) is 5.92 Å². The molecular formula is C26H26N6O3. The van der Waals surface area contributed by atoms with E-state index in [9.17, 15) is 14.7 Å². The molecule has 1 fully saturated rings. The van der Waals surface area contributed by atoms with Crippen molar-refractivity contribution in [3.8, 4) is 0 Å². The van der Waals surface area contributed by atoms with Gasteiger partial charge in [0.25, 0.3) is 5.56 Å². The Morgan fingerprint density at radius 2 is 1.97 bits per heavy atom. The second-order valence-corrected chi connectivity index (χ2v) is 9.33. The highest BCUT2D eigenvalue weighted by Gasteiger charge is 2.33. The lowest BCUT2D eigenvalue weighted by molar-refractivity contribution is 0.0696. The van der Waals surface area contributed by atoms with E-state index in [1.807, 2.05) is 24.3 Å². The Kier molecular flexibility index (Phi) is 5.24. The molecule has 2 aliphatic heterocycles. The molecule has 0 radical (unpaired) electrons. The van der Waals surface area contributed by atoms with Gasteiger partial charge in [-0.3, -0.25) is 4.79 Å². The maximum Gasteiger partial charge on any atom is 0.335 e.